The highest BCUT2D eigenvalue weighted by atomic mass is 79.9. The first-order valence-corrected chi connectivity index (χ1v) is 7.64. The zero-order valence-corrected chi connectivity index (χ0v) is 12.8. The van der Waals surface area contributed by atoms with E-state index in [0.717, 1.165) is 25.6 Å². The Morgan fingerprint density at radius 2 is 2.17 bits per heavy atom. The lowest BCUT2D eigenvalue weighted by Gasteiger charge is -2.43. The standard InChI is InChI=1S/C15H21BrN2/c1-11-13(16)4-3-5-14(11)18-9-8-17-15(2,10-18)12-6-7-12/h3-5,12,17H,6-10H2,1-2H3. The van der Waals surface area contributed by atoms with Crippen LogP contribution in [0, 0.1) is 12.8 Å². The van der Waals surface area contributed by atoms with E-state index >= 15 is 0 Å². The molecule has 1 aromatic carbocycles. The fraction of sp³-hybridized carbons (Fsp3) is 0.600. The summed E-state index contributed by atoms with van der Waals surface area (Å²) < 4.78 is 1.21. The van der Waals surface area contributed by atoms with Crippen molar-refractivity contribution in [2.45, 2.75) is 32.2 Å². The summed E-state index contributed by atoms with van der Waals surface area (Å²) >= 11 is 3.64. The van der Waals surface area contributed by atoms with Crippen molar-refractivity contribution in [2.75, 3.05) is 24.5 Å². The summed E-state index contributed by atoms with van der Waals surface area (Å²) in [6.45, 7) is 7.94. The number of hydrogen-bond donors (Lipinski definition) is 1. The third-order valence-corrected chi connectivity index (χ3v) is 5.35. The van der Waals surface area contributed by atoms with Crippen molar-refractivity contribution in [1.29, 1.82) is 0 Å². The van der Waals surface area contributed by atoms with E-state index in [1.54, 1.807) is 0 Å². The van der Waals surface area contributed by atoms with Crippen molar-refractivity contribution >= 4 is 21.6 Å². The zero-order valence-electron chi connectivity index (χ0n) is 11.2. The van der Waals surface area contributed by atoms with Crippen LogP contribution in [0.25, 0.3) is 0 Å². The van der Waals surface area contributed by atoms with Gasteiger partial charge in [-0.1, -0.05) is 22.0 Å². The van der Waals surface area contributed by atoms with Gasteiger partial charge in [-0.15, -0.1) is 0 Å². The summed E-state index contributed by atoms with van der Waals surface area (Å²) in [5.74, 6) is 0.882. The molecule has 1 unspecified atom stereocenters. The third-order valence-electron chi connectivity index (χ3n) is 4.49. The molecule has 1 N–H and O–H groups in total. The van der Waals surface area contributed by atoms with E-state index in [2.05, 4.69) is 58.2 Å². The van der Waals surface area contributed by atoms with Crippen molar-refractivity contribution in [2.24, 2.45) is 5.92 Å². The minimum Gasteiger partial charge on any atom is -0.368 e. The second-order valence-corrected chi connectivity index (χ2v) is 6.78. The molecule has 0 spiro atoms. The predicted octanol–water partition coefficient (Wildman–Crippen LogP) is 3.34. The van der Waals surface area contributed by atoms with Gasteiger partial charge in [0.25, 0.3) is 0 Å². The molecule has 3 heteroatoms. The fourth-order valence-electron chi connectivity index (χ4n) is 3.15. The molecule has 1 aliphatic carbocycles. The van der Waals surface area contributed by atoms with Crippen LogP contribution in [0.2, 0.25) is 0 Å². The highest BCUT2D eigenvalue weighted by Gasteiger charge is 2.44. The van der Waals surface area contributed by atoms with Crippen LogP contribution >= 0.6 is 15.9 Å². The lowest BCUT2D eigenvalue weighted by atomic mass is 9.92. The maximum Gasteiger partial charge on any atom is 0.0408 e. The van der Waals surface area contributed by atoms with Gasteiger partial charge < -0.3 is 10.2 Å². The number of hydrogen-bond acceptors (Lipinski definition) is 2. The lowest BCUT2D eigenvalue weighted by molar-refractivity contribution is 0.285. The Kier molecular flexibility index (Phi) is 3.15. The topological polar surface area (TPSA) is 15.3 Å². The Morgan fingerprint density at radius 1 is 1.39 bits per heavy atom. The molecular weight excluding hydrogens is 288 g/mol. The summed E-state index contributed by atoms with van der Waals surface area (Å²) in [6.07, 6.45) is 2.80. The monoisotopic (exact) mass is 308 g/mol. The molecular formula is C15H21BrN2. The highest BCUT2D eigenvalue weighted by Crippen LogP contribution is 2.41. The molecule has 2 nitrogen and oxygen atoms in total. The predicted molar refractivity (Wildman–Crippen MR) is 80.2 cm³/mol. The molecule has 1 atom stereocenters. The first-order valence-electron chi connectivity index (χ1n) is 6.85. The fourth-order valence-corrected chi connectivity index (χ4v) is 3.50. The van der Waals surface area contributed by atoms with Gasteiger partial charge in [0.05, 0.1) is 0 Å². The number of nitrogens with zero attached hydrogens (tertiary/aromatic N) is 1. The summed E-state index contributed by atoms with van der Waals surface area (Å²) in [7, 11) is 0. The highest BCUT2D eigenvalue weighted by molar-refractivity contribution is 9.10. The molecule has 3 rings (SSSR count). The molecule has 1 aliphatic heterocycles. The number of anilines is 1. The van der Waals surface area contributed by atoms with Crippen molar-refractivity contribution in [1.82, 2.24) is 5.32 Å². The van der Waals surface area contributed by atoms with Crippen LogP contribution in [-0.2, 0) is 0 Å². The minimum atomic E-state index is 0.313. The molecule has 0 amide bonds. The molecule has 2 fully saturated rings. The maximum atomic E-state index is 3.74. The molecule has 2 aliphatic rings. The second-order valence-electron chi connectivity index (χ2n) is 5.92. The number of rotatable bonds is 2. The molecule has 98 valence electrons. The van der Waals surface area contributed by atoms with Crippen LogP contribution in [0.4, 0.5) is 5.69 Å². The third kappa shape index (κ3) is 2.19. The van der Waals surface area contributed by atoms with Gasteiger partial charge in [-0.05, 0) is 50.3 Å². The van der Waals surface area contributed by atoms with E-state index in [1.165, 1.54) is 28.6 Å². The Bertz CT molecular complexity index is 456. The summed E-state index contributed by atoms with van der Waals surface area (Å²) in [6, 6.07) is 6.52. The average Bonchev–Trinajstić information content (AvgIpc) is 3.17. The van der Waals surface area contributed by atoms with Crippen molar-refractivity contribution in [3.05, 3.63) is 28.2 Å². The van der Waals surface area contributed by atoms with Crippen molar-refractivity contribution in [3.63, 3.8) is 0 Å². The van der Waals surface area contributed by atoms with Crippen LogP contribution in [-0.4, -0.2) is 25.2 Å². The van der Waals surface area contributed by atoms with E-state index in [1.807, 2.05) is 0 Å². The van der Waals surface area contributed by atoms with E-state index < -0.39 is 0 Å². The molecule has 0 aromatic heterocycles. The molecule has 0 radical (unpaired) electrons. The van der Waals surface area contributed by atoms with Crippen LogP contribution in [0.15, 0.2) is 22.7 Å². The van der Waals surface area contributed by atoms with E-state index in [9.17, 15) is 0 Å². The first kappa shape index (κ1) is 12.5. The van der Waals surface area contributed by atoms with Crippen LogP contribution in [0.5, 0.6) is 0 Å². The summed E-state index contributed by atoms with van der Waals surface area (Å²) in [5, 5.41) is 3.74. The Morgan fingerprint density at radius 3 is 2.89 bits per heavy atom. The molecule has 1 saturated heterocycles. The Balaban J connectivity index is 1.85. The van der Waals surface area contributed by atoms with E-state index in [-0.39, 0.29) is 0 Å². The van der Waals surface area contributed by atoms with Gasteiger partial charge >= 0.3 is 0 Å². The molecule has 0 bridgehead atoms. The summed E-state index contributed by atoms with van der Waals surface area (Å²) in [5.41, 5.74) is 3.06. The molecule has 18 heavy (non-hydrogen) atoms. The normalized spacial score (nSPS) is 28.5. The largest absolute Gasteiger partial charge is 0.368 e. The van der Waals surface area contributed by atoms with Crippen LogP contribution < -0.4 is 10.2 Å². The van der Waals surface area contributed by atoms with E-state index in [4.69, 9.17) is 0 Å². The number of nitrogens with one attached hydrogen (secondary N) is 1. The van der Waals surface area contributed by atoms with Crippen molar-refractivity contribution in [3.8, 4) is 0 Å². The van der Waals surface area contributed by atoms with Crippen LogP contribution in [0.3, 0.4) is 0 Å². The summed E-state index contributed by atoms with van der Waals surface area (Å²) in [4.78, 5) is 2.55. The zero-order chi connectivity index (χ0) is 12.8. The van der Waals surface area contributed by atoms with Gasteiger partial charge in [0, 0.05) is 35.3 Å². The number of benzene rings is 1. The first-order chi connectivity index (χ1) is 8.60. The Labute approximate surface area is 118 Å². The lowest BCUT2D eigenvalue weighted by Crippen LogP contribution is -2.60. The molecule has 1 saturated carbocycles. The second kappa shape index (κ2) is 4.53. The van der Waals surface area contributed by atoms with Crippen LogP contribution in [0.1, 0.15) is 25.3 Å². The van der Waals surface area contributed by atoms with E-state index in [0.29, 0.717) is 5.54 Å². The van der Waals surface area contributed by atoms with Gasteiger partial charge in [0.15, 0.2) is 0 Å². The minimum absolute atomic E-state index is 0.313. The SMILES string of the molecule is Cc1c(Br)cccc1N1CCNC(C)(C2CC2)C1. The smallest absolute Gasteiger partial charge is 0.0408 e. The van der Waals surface area contributed by atoms with Gasteiger partial charge in [-0.25, -0.2) is 0 Å². The average molecular weight is 309 g/mol. The van der Waals surface area contributed by atoms with Gasteiger partial charge in [-0.2, -0.15) is 0 Å². The number of halogens is 1. The molecule has 1 heterocycles. The van der Waals surface area contributed by atoms with Gasteiger partial charge in [0.1, 0.15) is 0 Å². The number of piperazine rings is 1. The Hall–Kier alpha value is -0.540. The van der Waals surface area contributed by atoms with Gasteiger partial charge in [-0.3, -0.25) is 0 Å². The van der Waals surface area contributed by atoms with Crippen molar-refractivity contribution < 1.29 is 0 Å². The van der Waals surface area contributed by atoms with Gasteiger partial charge in [0.2, 0.25) is 0 Å². The quantitative estimate of drug-likeness (QED) is 0.901. The molecule has 1 aromatic rings. The maximum absolute atomic E-state index is 3.74.